The number of carbonyl (C=O) groups is 1. The number of benzene rings is 2. The lowest BCUT2D eigenvalue weighted by Crippen LogP contribution is -2.35. The van der Waals surface area contributed by atoms with Crippen LogP contribution in [0.1, 0.15) is 51.0 Å². The van der Waals surface area contributed by atoms with Crippen LogP contribution in [0.4, 0.5) is 5.69 Å². The monoisotopic (exact) mass is 430 g/mol. The number of carbonyl (C=O) groups excluding carboxylic acids is 1. The average molecular weight is 431 g/mol. The van der Waals surface area contributed by atoms with E-state index in [2.05, 4.69) is 5.32 Å². The molecule has 1 heterocycles. The molecule has 162 valence electrons. The Balaban J connectivity index is 1.89. The van der Waals surface area contributed by atoms with Gasteiger partial charge in [-0.1, -0.05) is 43.7 Å². The van der Waals surface area contributed by atoms with E-state index in [0.29, 0.717) is 37.6 Å². The first-order chi connectivity index (χ1) is 14.5. The number of amides is 1. The van der Waals surface area contributed by atoms with Crippen molar-refractivity contribution < 1.29 is 17.9 Å². The highest BCUT2D eigenvalue weighted by Crippen LogP contribution is 2.32. The predicted octanol–water partition coefficient (Wildman–Crippen LogP) is 4.39. The maximum absolute atomic E-state index is 13.3. The zero-order chi connectivity index (χ0) is 21.6. The molecule has 1 atom stereocenters. The van der Waals surface area contributed by atoms with Gasteiger partial charge in [-0.15, -0.1) is 0 Å². The first-order valence-corrected chi connectivity index (χ1v) is 12.0. The molecule has 2 aromatic carbocycles. The van der Waals surface area contributed by atoms with Crippen molar-refractivity contribution in [1.29, 1.82) is 0 Å². The Labute approximate surface area is 179 Å². The van der Waals surface area contributed by atoms with Crippen molar-refractivity contribution >= 4 is 21.6 Å². The summed E-state index contributed by atoms with van der Waals surface area (Å²) in [5.74, 6) is -0.148. The Bertz CT molecular complexity index is 954. The van der Waals surface area contributed by atoms with Crippen molar-refractivity contribution in [3.8, 4) is 5.75 Å². The van der Waals surface area contributed by atoms with E-state index in [9.17, 15) is 13.2 Å². The molecular formula is C23H30N2O4S. The molecule has 0 bridgehead atoms. The molecular weight excluding hydrogens is 400 g/mol. The van der Waals surface area contributed by atoms with Crippen molar-refractivity contribution in [2.24, 2.45) is 0 Å². The van der Waals surface area contributed by atoms with E-state index in [1.54, 1.807) is 12.1 Å². The molecule has 1 saturated heterocycles. The topological polar surface area (TPSA) is 75.7 Å². The molecule has 1 amide bonds. The van der Waals surface area contributed by atoms with Gasteiger partial charge in [-0.05, 0) is 49.9 Å². The van der Waals surface area contributed by atoms with E-state index < -0.39 is 10.0 Å². The van der Waals surface area contributed by atoms with Gasteiger partial charge in [0.25, 0.3) is 0 Å². The molecule has 1 aliphatic rings. The number of rotatable bonds is 8. The van der Waals surface area contributed by atoms with Crippen LogP contribution in [0, 0.1) is 0 Å². The molecule has 0 radical (unpaired) electrons. The van der Waals surface area contributed by atoms with Gasteiger partial charge >= 0.3 is 0 Å². The highest BCUT2D eigenvalue weighted by Gasteiger charge is 2.29. The molecule has 1 unspecified atom stereocenters. The summed E-state index contributed by atoms with van der Waals surface area (Å²) in [7, 11) is -3.69. The molecule has 30 heavy (non-hydrogen) atoms. The lowest BCUT2D eigenvalue weighted by molar-refractivity contribution is -0.117. The number of piperidine rings is 1. The van der Waals surface area contributed by atoms with Crippen LogP contribution in [0.5, 0.6) is 5.75 Å². The number of ether oxygens (including phenoxy) is 1. The minimum absolute atomic E-state index is 0.108. The number of nitrogens with one attached hydrogen (secondary N) is 1. The van der Waals surface area contributed by atoms with Crippen molar-refractivity contribution in [2.45, 2.75) is 50.3 Å². The Morgan fingerprint density at radius 1 is 1.07 bits per heavy atom. The summed E-state index contributed by atoms with van der Waals surface area (Å²) < 4.78 is 33.6. The third-order valence-corrected chi connectivity index (χ3v) is 7.29. The second-order valence-electron chi connectivity index (χ2n) is 7.42. The van der Waals surface area contributed by atoms with Gasteiger partial charge in [-0.2, -0.15) is 4.31 Å². The van der Waals surface area contributed by atoms with E-state index in [-0.39, 0.29) is 16.7 Å². The molecule has 2 aromatic rings. The highest BCUT2D eigenvalue weighted by molar-refractivity contribution is 7.89. The molecule has 7 heteroatoms. The number of sulfonamides is 1. The number of anilines is 1. The van der Waals surface area contributed by atoms with Crippen molar-refractivity contribution in [2.75, 3.05) is 25.0 Å². The maximum Gasteiger partial charge on any atom is 0.246 e. The number of hydrogen-bond donors (Lipinski definition) is 1. The molecule has 0 spiro atoms. The van der Waals surface area contributed by atoms with Crippen molar-refractivity contribution in [3.63, 3.8) is 0 Å². The number of nitrogens with zero attached hydrogens (tertiary/aromatic N) is 1. The fraction of sp³-hybridized carbons (Fsp3) is 0.435. The standard InChI is InChI=1S/C23H30N2O4S/c1-3-20(18-11-7-5-8-12-18)23(26)24-19-13-14-21(29-4-2)22(17-19)30(27,28)25-15-9-6-10-16-25/h5,7-8,11-14,17,20H,3-4,6,9-10,15-16H2,1-2H3,(H,24,26). The van der Waals surface area contributed by atoms with Gasteiger partial charge in [0, 0.05) is 18.8 Å². The molecule has 1 fully saturated rings. The van der Waals surface area contributed by atoms with Gasteiger partial charge in [-0.25, -0.2) is 8.42 Å². The molecule has 1 N–H and O–H groups in total. The third-order valence-electron chi connectivity index (χ3n) is 5.37. The third kappa shape index (κ3) is 5.02. The average Bonchev–Trinajstić information content (AvgIpc) is 2.77. The first kappa shape index (κ1) is 22.3. The molecule has 3 rings (SSSR count). The molecule has 1 aliphatic heterocycles. The fourth-order valence-electron chi connectivity index (χ4n) is 3.79. The maximum atomic E-state index is 13.3. The summed E-state index contributed by atoms with van der Waals surface area (Å²) in [6.45, 7) is 5.16. The van der Waals surface area contributed by atoms with Crippen LogP contribution >= 0.6 is 0 Å². The van der Waals surface area contributed by atoms with Gasteiger partial charge in [0.15, 0.2) is 0 Å². The van der Waals surface area contributed by atoms with Crippen LogP contribution in [0.15, 0.2) is 53.4 Å². The van der Waals surface area contributed by atoms with Gasteiger partial charge in [0.2, 0.25) is 15.9 Å². The molecule has 6 nitrogen and oxygen atoms in total. The van der Waals surface area contributed by atoms with E-state index in [1.807, 2.05) is 44.2 Å². The van der Waals surface area contributed by atoms with Crippen LogP contribution in [-0.2, 0) is 14.8 Å². The van der Waals surface area contributed by atoms with Crippen molar-refractivity contribution in [1.82, 2.24) is 4.31 Å². The second kappa shape index (κ2) is 10.1. The van der Waals surface area contributed by atoms with Gasteiger partial charge in [0.05, 0.1) is 12.5 Å². The normalized spacial score (nSPS) is 16.1. The zero-order valence-corrected chi connectivity index (χ0v) is 18.5. The second-order valence-corrected chi connectivity index (χ2v) is 9.33. The zero-order valence-electron chi connectivity index (χ0n) is 17.6. The summed E-state index contributed by atoms with van der Waals surface area (Å²) in [4.78, 5) is 13.0. The Kier molecular flexibility index (Phi) is 7.50. The quantitative estimate of drug-likeness (QED) is 0.674. The molecule has 0 aliphatic carbocycles. The van der Waals surface area contributed by atoms with Crippen LogP contribution < -0.4 is 10.1 Å². The summed E-state index contributed by atoms with van der Waals surface area (Å²) in [6.07, 6.45) is 3.40. The van der Waals surface area contributed by atoms with E-state index >= 15 is 0 Å². The predicted molar refractivity (Wildman–Crippen MR) is 118 cm³/mol. The summed E-state index contributed by atoms with van der Waals surface area (Å²) in [6, 6.07) is 14.4. The fourth-order valence-corrected chi connectivity index (χ4v) is 5.47. The molecule has 0 saturated carbocycles. The minimum Gasteiger partial charge on any atom is -0.492 e. The first-order valence-electron chi connectivity index (χ1n) is 10.6. The van der Waals surface area contributed by atoms with Gasteiger partial charge in [0.1, 0.15) is 10.6 Å². The van der Waals surface area contributed by atoms with Crippen LogP contribution in [0.25, 0.3) is 0 Å². The highest BCUT2D eigenvalue weighted by atomic mass is 32.2. The summed E-state index contributed by atoms with van der Waals surface area (Å²) >= 11 is 0. The molecule has 0 aromatic heterocycles. The Morgan fingerprint density at radius 2 is 1.77 bits per heavy atom. The summed E-state index contributed by atoms with van der Waals surface area (Å²) in [5, 5.41) is 2.90. The number of hydrogen-bond acceptors (Lipinski definition) is 4. The lowest BCUT2D eigenvalue weighted by atomic mass is 9.95. The van der Waals surface area contributed by atoms with E-state index in [0.717, 1.165) is 24.8 Å². The smallest absolute Gasteiger partial charge is 0.246 e. The Morgan fingerprint density at radius 3 is 2.40 bits per heavy atom. The van der Waals surface area contributed by atoms with Crippen LogP contribution in [-0.4, -0.2) is 38.3 Å². The van der Waals surface area contributed by atoms with E-state index in [1.165, 1.54) is 10.4 Å². The summed E-state index contributed by atoms with van der Waals surface area (Å²) in [5.41, 5.74) is 1.39. The van der Waals surface area contributed by atoms with E-state index in [4.69, 9.17) is 4.74 Å². The van der Waals surface area contributed by atoms with Crippen molar-refractivity contribution in [3.05, 3.63) is 54.1 Å². The SMILES string of the molecule is CCOc1ccc(NC(=O)C(CC)c2ccccc2)cc1S(=O)(=O)N1CCCCC1. The largest absolute Gasteiger partial charge is 0.492 e. The lowest BCUT2D eigenvalue weighted by Gasteiger charge is -2.27. The van der Waals surface area contributed by atoms with Crippen LogP contribution in [0.3, 0.4) is 0 Å². The van der Waals surface area contributed by atoms with Crippen LogP contribution in [0.2, 0.25) is 0 Å². The van der Waals surface area contributed by atoms with Gasteiger partial charge in [-0.3, -0.25) is 4.79 Å². The Hall–Kier alpha value is -2.38. The van der Waals surface area contributed by atoms with Gasteiger partial charge < -0.3 is 10.1 Å². The minimum atomic E-state index is -3.69.